The number of ether oxygens (including phenoxy) is 3. The summed E-state index contributed by atoms with van der Waals surface area (Å²) in [5.74, 6) is -0.989. The monoisotopic (exact) mass is 915 g/mol. The summed E-state index contributed by atoms with van der Waals surface area (Å²) >= 11 is 0. The molecule has 0 aliphatic carbocycles. The number of carbonyl (C=O) groups is 3. The first-order valence-electron chi connectivity index (χ1n) is 26.9. The van der Waals surface area contributed by atoms with E-state index in [0.717, 1.165) is 103 Å². The minimum atomic E-state index is -0.812. The summed E-state index contributed by atoms with van der Waals surface area (Å²) < 4.78 is 16.8. The highest BCUT2D eigenvalue weighted by molar-refractivity contribution is 5.71. The van der Waals surface area contributed by atoms with Crippen LogP contribution in [0.5, 0.6) is 0 Å². The molecule has 0 N–H and O–H groups in total. The third-order valence-electron chi connectivity index (χ3n) is 11.1. The van der Waals surface area contributed by atoms with Crippen molar-refractivity contribution in [2.75, 3.05) is 13.2 Å². The van der Waals surface area contributed by atoms with Gasteiger partial charge in [-0.05, 0) is 103 Å². The van der Waals surface area contributed by atoms with Crippen LogP contribution in [-0.4, -0.2) is 37.2 Å². The molecule has 0 bridgehead atoms. The maximum absolute atomic E-state index is 12.8. The van der Waals surface area contributed by atoms with Gasteiger partial charge in [-0.3, -0.25) is 14.4 Å². The van der Waals surface area contributed by atoms with Crippen molar-refractivity contribution in [1.29, 1.82) is 0 Å². The van der Waals surface area contributed by atoms with E-state index in [9.17, 15) is 14.4 Å². The molecule has 0 radical (unpaired) electrons. The van der Waals surface area contributed by atoms with E-state index in [2.05, 4.69) is 130 Å². The van der Waals surface area contributed by atoms with Gasteiger partial charge in [0.2, 0.25) is 0 Å². The minimum Gasteiger partial charge on any atom is -0.462 e. The summed E-state index contributed by atoms with van der Waals surface area (Å²) in [6, 6.07) is 0. The molecular weight excluding hydrogens is 817 g/mol. The molecule has 6 heteroatoms. The van der Waals surface area contributed by atoms with Gasteiger partial charge in [0.15, 0.2) is 6.10 Å². The lowest BCUT2D eigenvalue weighted by Crippen LogP contribution is -2.30. The molecule has 0 aromatic heterocycles. The van der Waals surface area contributed by atoms with Gasteiger partial charge in [-0.1, -0.05) is 220 Å². The lowest BCUT2D eigenvalue weighted by Gasteiger charge is -2.18. The van der Waals surface area contributed by atoms with E-state index < -0.39 is 6.10 Å². The Kier molecular flexibility index (Phi) is 50.5. The lowest BCUT2D eigenvalue weighted by molar-refractivity contribution is -0.167. The van der Waals surface area contributed by atoms with Gasteiger partial charge in [-0.25, -0.2) is 0 Å². The molecule has 0 aliphatic heterocycles. The number of rotatable bonds is 47. The summed E-state index contributed by atoms with van der Waals surface area (Å²) in [5, 5.41) is 0. The van der Waals surface area contributed by atoms with Crippen molar-refractivity contribution in [3.05, 3.63) is 109 Å². The molecule has 0 spiro atoms. The molecular formula is C60H98O6. The second-order valence-corrected chi connectivity index (χ2v) is 17.4. The summed E-state index contributed by atoms with van der Waals surface area (Å²) in [5.41, 5.74) is 0. The Morgan fingerprint density at radius 2 is 0.682 bits per heavy atom. The van der Waals surface area contributed by atoms with Gasteiger partial charge in [-0.2, -0.15) is 0 Å². The van der Waals surface area contributed by atoms with Crippen molar-refractivity contribution in [2.24, 2.45) is 0 Å². The van der Waals surface area contributed by atoms with Crippen molar-refractivity contribution in [3.8, 4) is 0 Å². The maximum Gasteiger partial charge on any atom is 0.306 e. The van der Waals surface area contributed by atoms with Gasteiger partial charge < -0.3 is 14.2 Å². The number of hydrogen-bond acceptors (Lipinski definition) is 6. The molecule has 0 aliphatic rings. The molecule has 0 saturated carbocycles. The predicted molar refractivity (Wildman–Crippen MR) is 283 cm³/mol. The Morgan fingerprint density at radius 3 is 1.15 bits per heavy atom. The van der Waals surface area contributed by atoms with Gasteiger partial charge in [0.25, 0.3) is 0 Å². The van der Waals surface area contributed by atoms with E-state index in [4.69, 9.17) is 14.2 Å². The first-order valence-corrected chi connectivity index (χ1v) is 26.9. The lowest BCUT2D eigenvalue weighted by atomic mass is 10.1. The number of allylic oxidation sites excluding steroid dienone is 18. The fourth-order valence-electron chi connectivity index (χ4n) is 7.06. The first-order chi connectivity index (χ1) is 32.5. The Hall–Kier alpha value is -3.93. The Balaban J connectivity index is 4.51. The van der Waals surface area contributed by atoms with Crippen LogP contribution in [0.25, 0.3) is 0 Å². The average Bonchev–Trinajstić information content (AvgIpc) is 3.31. The Bertz CT molecular complexity index is 1370. The highest BCUT2D eigenvalue weighted by atomic mass is 16.6. The van der Waals surface area contributed by atoms with E-state index >= 15 is 0 Å². The molecule has 0 heterocycles. The first kappa shape index (κ1) is 62.1. The molecule has 1 unspecified atom stereocenters. The number of carbonyl (C=O) groups excluding carboxylic acids is 3. The standard InChI is InChI=1S/C60H98O6/c1-4-7-10-13-16-19-22-25-28-30-33-35-38-41-44-47-50-53-59(62)65-56-57(55-64-58(61)52-49-46-43-40-37-34-31-27-24-21-18-15-12-9-6-3)66-60(63)54-51-48-45-42-39-36-32-29-26-23-20-17-14-11-8-5-2/h8-9,11-12,15,17-18,20-21,24-26,28-29,33,35,41,44,57H,4-7,10,13-14,16,19,22-23,27,30-32,34,36-40,42-43,45-56H2,1-3H3/b11-8-,12-9-,18-15-,20-17-,24-21-,28-25-,29-26-,35-33-,44-41-. The van der Waals surface area contributed by atoms with Crippen molar-refractivity contribution in [2.45, 2.75) is 239 Å². The van der Waals surface area contributed by atoms with Crippen LogP contribution >= 0.6 is 0 Å². The molecule has 0 aromatic rings. The SMILES string of the molecule is CC\C=C/C=C\C=C/CCCCCCCCCC(=O)OCC(COC(=O)CCC/C=C\C/C=C\C/C=C\CCCCCCCC)OC(=O)CCCCCCCC/C=C\C/C=C\C/C=C\CC. The second-order valence-electron chi connectivity index (χ2n) is 17.4. The highest BCUT2D eigenvalue weighted by Crippen LogP contribution is 2.13. The highest BCUT2D eigenvalue weighted by Gasteiger charge is 2.19. The predicted octanol–water partition coefficient (Wildman–Crippen LogP) is 17.9. The van der Waals surface area contributed by atoms with Crippen molar-refractivity contribution < 1.29 is 28.6 Å². The van der Waals surface area contributed by atoms with Crippen LogP contribution in [0.2, 0.25) is 0 Å². The Labute approximate surface area is 406 Å². The van der Waals surface area contributed by atoms with Crippen LogP contribution in [0, 0.1) is 0 Å². The number of esters is 3. The molecule has 0 fully saturated rings. The quantitative estimate of drug-likeness (QED) is 0.0199. The summed E-state index contributed by atoms with van der Waals surface area (Å²) in [4.78, 5) is 38.1. The van der Waals surface area contributed by atoms with Gasteiger partial charge >= 0.3 is 17.9 Å². The van der Waals surface area contributed by atoms with E-state index in [-0.39, 0.29) is 37.5 Å². The number of unbranched alkanes of at least 4 members (excludes halogenated alkanes) is 20. The van der Waals surface area contributed by atoms with Crippen LogP contribution in [0.1, 0.15) is 233 Å². The summed E-state index contributed by atoms with van der Waals surface area (Å²) in [6.07, 6.45) is 72.2. The molecule has 1 atom stereocenters. The van der Waals surface area contributed by atoms with Crippen LogP contribution in [0.15, 0.2) is 109 Å². The van der Waals surface area contributed by atoms with Crippen molar-refractivity contribution in [1.82, 2.24) is 0 Å². The third-order valence-corrected chi connectivity index (χ3v) is 11.1. The van der Waals surface area contributed by atoms with Gasteiger partial charge in [0, 0.05) is 19.3 Å². The topological polar surface area (TPSA) is 78.9 Å². The molecule has 0 amide bonds. The molecule has 0 rings (SSSR count). The van der Waals surface area contributed by atoms with E-state index in [0.29, 0.717) is 19.3 Å². The van der Waals surface area contributed by atoms with Crippen LogP contribution in [-0.2, 0) is 28.6 Å². The van der Waals surface area contributed by atoms with Crippen molar-refractivity contribution >= 4 is 17.9 Å². The smallest absolute Gasteiger partial charge is 0.306 e. The van der Waals surface area contributed by atoms with Gasteiger partial charge in [0.1, 0.15) is 13.2 Å². The van der Waals surface area contributed by atoms with E-state index in [1.807, 2.05) is 0 Å². The van der Waals surface area contributed by atoms with Gasteiger partial charge in [-0.15, -0.1) is 0 Å². The van der Waals surface area contributed by atoms with Crippen LogP contribution in [0.3, 0.4) is 0 Å². The average molecular weight is 915 g/mol. The molecule has 374 valence electrons. The second kappa shape index (κ2) is 53.7. The molecule has 0 saturated heterocycles. The van der Waals surface area contributed by atoms with Crippen molar-refractivity contribution in [3.63, 3.8) is 0 Å². The zero-order valence-electron chi connectivity index (χ0n) is 42.7. The van der Waals surface area contributed by atoms with Gasteiger partial charge in [0.05, 0.1) is 0 Å². The zero-order valence-corrected chi connectivity index (χ0v) is 42.7. The van der Waals surface area contributed by atoms with Crippen LogP contribution in [0.4, 0.5) is 0 Å². The summed E-state index contributed by atoms with van der Waals surface area (Å²) in [7, 11) is 0. The molecule has 6 nitrogen and oxygen atoms in total. The van der Waals surface area contributed by atoms with E-state index in [1.165, 1.54) is 83.5 Å². The fraction of sp³-hybridized carbons (Fsp3) is 0.650. The van der Waals surface area contributed by atoms with E-state index in [1.54, 1.807) is 0 Å². The molecule has 0 aromatic carbocycles. The molecule has 66 heavy (non-hydrogen) atoms. The normalized spacial score (nSPS) is 13.0. The summed E-state index contributed by atoms with van der Waals surface area (Å²) in [6.45, 7) is 6.32. The Morgan fingerprint density at radius 1 is 0.333 bits per heavy atom. The fourth-order valence-corrected chi connectivity index (χ4v) is 7.06. The number of hydrogen-bond donors (Lipinski definition) is 0. The third kappa shape index (κ3) is 51.1. The largest absolute Gasteiger partial charge is 0.462 e. The zero-order chi connectivity index (χ0) is 47.9. The minimum absolute atomic E-state index is 0.107. The van der Waals surface area contributed by atoms with Crippen LogP contribution < -0.4 is 0 Å². The maximum atomic E-state index is 12.8.